The Bertz CT molecular complexity index is 1040. The molecule has 0 bridgehead atoms. The Balaban J connectivity index is 1.49. The number of halogens is 3. The van der Waals surface area contributed by atoms with Crippen LogP contribution in [-0.2, 0) is 21.4 Å². The lowest BCUT2D eigenvalue weighted by molar-refractivity contribution is -0.123. The van der Waals surface area contributed by atoms with Gasteiger partial charge in [-0.2, -0.15) is 4.72 Å². The molecule has 1 heterocycles. The average molecular weight is 456 g/mol. The molecule has 6 nitrogen and oxygen atoms in total. The van der Waals surface area contributed by atoms with Crippen molar-refractivity contribution in [2.75, 3.05) is 13.1 Å². The lowest BCUT2D eigenvalue weighted by Gasteiger charge is -2.33. The molecule has 2 N–H and O–H groups in total. The number of piperidine rings is 1. The molecule has 0 aromatic heterocycles. The molecule has 168 valence electrons. The van der Waals surface area contributed by atoms with E-state index in [0.29, 0.717) is 38.0 Å². The van der Waals surface area contributed by atoms with Gasteiger partial charge in [-0.3, -0.25) is 9.69 Å². The lowest BCUT2D eigenvalue weighted by atomic mass is 10.0. The van der Waals surface area contributed by atoms with E-state index in [4.69, 9.17) is 0 Å². The molecule has 0 saturated carbocycles. The molecule has 3 rings (SSSR count). The number of carbonyl (C=O) groups excluding carboxylic acids is 1. The molecule has 31 heavy (non-hydrogen) atoms. The second-order valence-electron chi connectivity index (χ2n) is 7.58. The molecule has 0 spiro atoms. The van der Waals surface area contributed by atoms with Gasteiger partial charge in [0.05, 0.1) is 6.04 Å². The minimum atomic E-state index is -4.18. The van der Waals surface area contributed by atoms with Gasteiger partial charge in [0.25, 0.3) is 0 Å². The number of rotatable bonds is 7. The van der Waals surface area contributed by atoms with Crippen molar-refractivity contribution in [3.8, 4) is 0 Å². The molecule has 2 aromatic carbocycles. The number of hydrogen-bond acceptors (Lipinski definition) is 4. The van der Waals surface area contributed by atoms with E-state index in [9.17, 15) is 26.4 Å². The van der Waals surface area contributed by atoms with Gasteiger partial charge in [-0.25, -0.2) is 21.6 Å². The zero-order chi connectivity index (χ0) is 22.6. The molecular formula is C21H24F3N3O3S. The Morgan fingerprint density at radius 3 is 2.39 bits per heavy atom. The fraction of sp³-hybridized carbons (Fsp3) is 0.381. The number of sulfonamides is 1. The van der Waals surface area contributed by atoms with Crippen LogP contribution >= 0.6 is 0 Å². The van der Waals surface area contributed by atoms with Gasteiger partial charge in [-0.1, -0.05) is 18.2 Å². The smallest absolute Gasteiger partial charge is 0.244 e. The van der Waals surface area contributed by atoms with E-state index >= 15 is 0 Å². The molecule has 1 fully saturated rings. The highest BCUT2D eigenvalue weighted by atomic mass is 32.2. The maximum absolute atomic E-state index is 13.8. The van der Waals surface area contributed by atoms with Crippen LogP contribution in [0.1, 0.15) is 25.3 Å². The van der Waals surface area contributed by atoms with E-state index in [2.05, 4.69) is 14.9 Å². The third-order valence-electron chi connectivity index (χ3n) is 5.18. The fourth-order valence-electron chi connectivity index (χ4n) is 3.47. The number of likely N-dealkylation sites (tertiary alicyclic amines) is 1. The normalized spacial score (nSPS) is 16.8. The Morgan fingerprint density at radius 1 is 1.06 bits per heavy atom. The zero-order valence-corrected chi connectivity index (χ0v) is 17.8. The molecule has 1 aliphatic heterocycles. The van der Waals surface area contributed by atoms with Gasteiger partial charge in [-0.15, -0.1) is 0 Å². The van der Waals surface area contributed by atoms with Crippen molar-refractivity contribution in [1.82, 2.24) is 14.9 Å². The average Bonchev–Trinajstić information content (AvgIpc) is 2.72. The zero-order valence-electron chi connectivity index (χ0n) is 16.9. The van der Waals surface area contributed by atoms with Crippen LogP contribution in [0.3, 0.4) is 0 Å². The third kappa shape index (κ3) is 6.05. The summed E-state index contributed by atoms with van der Waals surface area (Å²) in [7, 11) is -4.18. The topological polar surface area (TPSA) is 78.5 Å². The predicted molar refractivity (Wildman–Crippen MR) is 109 cm³/mol. The standard InChI is InChI=1S/C21H24F3N3O3S/c1-14(26-31(29,30)20-5-3-2-4-18(20)23)21(28)25-16-8-10-27(11-9-16)13-15-6-7-17(22)19(24)12-15/h2-7,12,14,16,26H,8-11,13H2,1H3,(H,25,28)/t14-/m0/s1. The molecule has 0 aliphatic carbocycles. The molecule has 1 amide bonds. The van der Waals surface area contributed by atoms with Gasteiger partial charge in [-0.05, 0) is 49.6 Å². The van der Waals surface area contributed by atoms with E-state index in [0.717, 1.165) is 18.2 Å². The summed E-state index contributed by atoms with van der Waals surface area (Å²) < 4.78 is 67.0. The minimum Gasteiger partial charge on any atom is -0.352 e. The van der Waals surface area contributed by atoms with Gasteiger partial charge >= 0.3 is 0 Å². The summed E-state index contributed by atoms with van der Waals surface area (Å²) >= 11 is 0. The Morgan fingerprint density at radius 2 is 1.74 bits per heavy atom. The number of amides is 1. The maximum Gasteiger partial charge on any atom is 0.244 e. The van der Waals surface area contributed by atoms with E-state index in [-0.39, 0.29) is 6.04 Å². The number of carbonyl (C=O) groups is 1. The van der Waals surface area contributed by atoms with Crippen molar-refractivity contribution in [2.24, 2.45) is 0 Å². The molecule has 1 atom stereocenters. The monoisotopic (exact) mass is 455 g/mol. The summed E-state index contributed by atoms with van der Waals surface area (Å²) in [5, 5.41) is 2.81. The van der Waals surface area contributed by atoms with E-state index in [1.165, 1.54) is 31.2 Å². The van der Waals surface area contributed by atoms with Crippen molar-refractivity contribution >= 4 is 15.9 Å². The molecular weight excluding hydrogens is 431 g/mol. The first-order chi connectivity index (χ1) is 14.7. The number of nitrogens with zero attached hydrogens (tertiary/aromatic N) is 1. The molecule has 0 radical (unpaired) electrons. The highest BCUT2D eigenvalue weighted by Gasteiger charge is 2.27. The summed E-state index contributed by atoms with van der Waals surface area (Å²) in [6.45, 7) is 3.14. The van der Waals surface area contributed by atoms with Gasteiger partial charge in [0.1, 0.15) is 10.7 Å². The summed E-state index contributed by atoms with van der Waals surface area (Å²) in [5.74, 6) is -3.16. The Hall–Kier alpha value is -2.43. The molecule has 1 aliphatic rings. The summed E-state index contributed by atoms with van der Waals surface area (Å²) in [6, 6.07) is 7.53. The number of hydrogen-bond donors (Lipinski definition) is 2. The quantitative estimate of drug-likeness (QED) is 0.673. The van der Waals surface area contributed by atoms with Crippen molar-refractivity contribution in [3.05, 3.63) is 65.5 Å². The first kappa shape index (κ1) is 23.2. The second-order valence-corrected chi connectivity index (χ2v) is 9.26. The van der Waals surface area contributed by atoms with Crippen LogP contribution in [0.5, 0.6) is 0 Å². The van der Waals surface area contributed by atoms with Crippen molar-refractivity contribution in [2.45, 2.75) is 43.3 Å². The van der Waals surface area contributed by atoms with Gasteiger partial charge in [0.2, 0.25) is 15.9 Å². The van der Waals surface area contributed by atoms with Crippen molar-refractivity contribution < 1.29 is 26.4 Å². The molecule has 2 aromatic rings. The maximum atomic E-state index is 13.8. The van der Waals surface area contributed by atoms with Crippen LogP contribution in [0.15, 0.2) is 47.4 Å². The SMILES string of the molecule is C[C@H](NS(=O)(=O)c1ccccc1F)C(=O)NC1CCN(Cc2ccc(F)c(F)c2)CC1. The van der Waals surface area contributed by atoms with Crippen LogP contribution in [-0.4, -0.2) is 44.4 Å². The third-order valence-corrected chi connectivity index (χ3v) is 6.75. The minimum absolute atomic E-state index is 0.144. The predicted octanol–water partition coefficient (Wildman–Crippen LogP) is 2.55. The Labute approximate surface area is 179 Å². The van der Waals surface area contributed by atoms with Crippen LogP contribution < -0.4 is 10.0 Å². The number of benzene rings is 2. The van der Waals surface area contributed by atoms with Crippen LogP contribution in [0, 0.1) is 17.5 Å². The highest BCUT2D eigenvalue weighted by molar-refractivity contribution is 7.89. The van der Waals surface area contributed by atoms with E-state index < -0.39 is 44.3 Å². The summed E-state index contributed by atoms with van der Waals surface area (Å²) in [5.41, 5.74) is 0.664. The van der Waals surface area contributed by atoms with Gasteiger partial charge in [0, 0.05) is 25.7 Å². The lowest BCUT2D eigenvalue weighted by Crippen LogP contribution is -2.51. The summed E-state index contributed by atoms with van der Waals surface area (Å²) in [4.78, 5) is 14.0. The first-order valence-corrected chi connectivity index (χ1v) is 11.4. The van der Waals surface area contributed by atoms with Crippen LogP contribution in [0.2, 0.25) is 0 Å². The number of nitrogens with one attached hydrogen (secondary N) is 2. The molecule has 1 saturated heterocycles. The van der Waals surface area contributed by atoms with Gasteiger partial charge in [0.15, 0.2) is 11.6 Å². The fourth-order valence-corrected chi connectivity index (χ4v) is 4.75. The second kappa shape index (κ2) is 9.80. The van der Waals surface area contributed by atoms with E-state index in [1.54, 1.807) is 0 Å². The van der Waals surface area contributed by atoms with Crippen LogP contribution in [0.25, 0.3) is 0 Å². The van der Waals surface area contributed by atoms with Crippen molar-refractivity contribution in [3.63, 3.8) is 0 Å². The largest absolute Gasteiger partial charge is 0.352 e. The molecule has 10 heteroatoms. The highest BCUT2D eigenvalue weighted by Crippen LogP contribution is 2.17. The van der Waals surface area contributed by atoms with Crippen LogP contribution in [0.4, 0.5) is 13.2 Å². The first-order valence-electron chi connectivity index (χ1n) is 9.89. The van der Waals surface area contributed by atoms with Gasteiger partial charge < -0.3 is 5.32 Å². The summed E-state index contributed by atoms with van der Waals surface area (Å²) in [6.07, 6.45) is 1.25. The van der Waals surface area contributed by atoms with Crippen molar-refractivity contribution in [1.29, 1.82) is 0 Å². The van der Waals surface area contributed by atoms with E-state index in [1.807, 2.05) is 0 Å². The Kier molecular flexibility index (Phi) is 7.34. The molecule has 0 unspecified atom stereocenters.